The van der Waals surface area contributed by atoms with Crippen molar-refractivity contribution in [2.45, 2.75) is 18.7 Å². The van der Waals surface area contributed by atoms with E-state index in [9.17, 15) is 0 Å². The van der Waals surface area contributed by atoms with Crippen molar-refractivity contribution in [1.82, 2.24) is 0 Å². The van der Waals surface area contributed by atoms with E-state index in [1.165, 1.54) is 0 Å². The molecule has 12 heavy (non-hydrogen) atoms. The molecule has 0 saturated heterocycles. The topological polar surface area (TPSA) is 23.9 Å². The zero-order chi connectivity index (χ0) is 9.30. The Labute approximate surface area is 82.7 Å². The van der Waals surface area contributed by atoms with Crippen LogP contribution in [0.25, 0.3) is 0 Å². The molecule has 1 nitrogen and oxygen atoms in total. The fraction of sp³-hybridized carbons (Fsp3) is 0.222. The molecule has 0 amide bonds. The van der Waals surface area contributed by atoms with E-state index >= 15 is 0 Å². The summed E-state index contributed by atoms with van der Waals surface area (Å²) in [5.74, 6) is 0. The number of halogens is 1. The van der Waals surface area contributed by atoms with Gasteiger partial charge >= 0.3 is 0 Å². The SMILES string of the molecule is CC(=N)c1c(S)cc(C)cc1Cl. The monoisotopic (exact) mass is 199 g/mol. The van der Waals surface area contributed by atoms with Crippen LogP contribution in [0, 0.1) is 12.3 Å². The lowest BCUT2D eigenvalue weighted by Crippen LogP contribution is -1.96. The molecule has 0 radical (unpaired) electrons. The highest BCUT2D eigenvalue weighted by atomic mass is 35.5. The Bertz CT molecular complexity index is 310. The van der Waals surface area contributed by atoms with Crippen LogP contribution in [0.4, 0.5) is 0 Å². The molecule has 1 rings (SSSR count). The summed E-state index contributed by atoms with van der Waals surface area (Å²) in [5.41, 5.74) is 2.24. The summed E-state index contributed by atoms with van der Waals surface area (Å²) in [6.07, 6.45) is 0. The molecule has 3 heteroatoms. The van der Waals surface area contributed by atoms with Crippen molar-refractivity contribution in [3.8, 4) is 0 Å². The fourth-order valence-corrected chi connectivity index (χ4v) is 2.07. The van der Waals surface area contributed by atoms with Crippen LogP contribution in [-0.2, 0) is 0 Å². The second-order valence-electron chi connectivity index (χ2n) is 2.77. The van der Waals surface area contributed by atoms with Gasteiger partial charge in [0.05, 0.1) is 5.02 Å². The molecule has 0 unspecified atom stereocenters. The molecule has 0 saturated carbocycles. The summed E-state index contributed by atoms with van der Waals surface area (Å²) >= 11 is 10.2. The highest BCUT2D eigenvalue weighted by molar-refractivity contribution is 7.80. The quantitative estimate of drug-likeness (QED) is 0.512. The summed E-state index contributed by atoms with van der Waals surface area (Å²) < 4.78 is 0. The predicted octanol–water partition coefficient (Wildman–Crippen LogP) is 3.32. The summed E-state index contributed by atoms with van der Waals surface area (Å²) in [6.45, 7) is 3.66. The summed E-state index contributed by atoms with van der Waals surface area (Å²) in [7, 11) is 0. The molecule has 1 N–H and O–H groups in total. The average molecular weight is 200 g/mol. The standard InChI is InChI=1S/C9H10ClNS/c1-5-3-7(10)9(6(2)11)8(12)4-5/h3-4,11-12H,1-2H3. The Morgan fingerprint density at radius 2 is 2.08 bits per heavy atom. The predicted molar refractivity (Wildman–Crippen MR) is 55.9 cm³/mol. The summed E-state index contributed by atoms with van der Waals surface area (Å²) in [5, 5.41) is 8.06. The van der Waals surface area contributed by atoms with Gasteiger partial charge in [0, 0.05) is 16.2 Å². The van der Waals surface area contributed by atoms with Crippen LogP contribution in [-0.4, -0.2) is 5.71 Å². The van der Waals surface area contributed by atoms with Gasteiger partial charge in [0.1, 0.15) is 0 Å². The first-order valence-corrected chi connectivity index (χ1v) is 4.39. The lowest BCUT2D eigenvalue weighted by molar-refractivity contribution is 1.32. The van der Waals surface area contributed by atoms with Gasteiger partial charge in [-0.15, -0.1) is 12.6 Å². The number of thiol groups is 1. The molecule has 0 heterocycles. The van der Waals surface area contributed by atoms with Crippen molar-refractivity contribution in [1.29, 1.82) is 5.41 Å². The van der Waals surface area contributed by atoms with Crippen molar-refractivity contribution < 1.29 is 0 Å². The highest BCUT2D eigenvalue weighted by Crippen LogP contribution is 2.25. The Balaban J connectivity index is 3.38. The van der Waals surface area contributed by atoms with Gasteiger partial charge in [-0.1, -0.05) is 11.6 Å². The van der Waals surface area contributed by atoms with Gasteiger partial charge in [0.25, 0.3) is 0 Å². The van der Waals surface area contributed by atoms with Crippen LogP contribution in [0.2, 0.25) is 5.02 Å². The Hall–Kier alpha value is -0.470. The molecule has 0 bridgehead atoms. The van der Waals surface area contributed by atoms with Crippen molar-refractivity contribution in [3.63, 3.8) is 0 Å². The molecule has 0 aliphatic heterocycles. The summed E-state index contributed by atoms with van der Waals surface area (Å²) in [6, 6.07) is 3.75. The minimum absolute atomic E-state index is 0.449. The highest BCUT2D eigenvalue weighted by Gasteiger charge is 2.06. The number of aryl methyl sites for hydroxylation is 1. The van der Waals surface area contributed by atoms with Crippen molar-refractivity contribution in [2.75, 3.05) is 0 Å². The van der Waals surface area contributed by atoms with E-state index in [4.69, 9.17) is 17.0 Å². The fourth-order valence-electron chi connectivity index (χ4n) is 1.10. The first-order chi connectivity index (χ1) is 5.52. The molecule has 0 aromatic heterocycles. The Morgan fingerprint density at radius 3 is 2.50 bits per heavy atom. The van der Waals surface area contributed by atoms with Crippen LogP contribution in [0.5, 0.6) is 0 Å². The number of nitrogens with one attached hydrogen (secondary N) is 1. The maximum absolute atomic E-state index is 7.45. The van der Waals surface area contributed by atoms with Gasteiger partial charge in [0.2, 0.25) is 0 Å². The molecular weight excluding hydrogens is 190 g/mol. The molecule has 1 aromatic rings. The first-order valence-electron chi connectivity index (χ1n) is 3.57. The van der Waals surface area contributed by atoms with E-state index in [1.54, 1.807) is 6.92 Å². The Morgan fingerprint density at radius 1 is 1.50 bits per heavy atom. The first kappa shape index (κ1) is 9.62. The molecule has 1 aromatic carbocycles. The third kappa shape index (κ3) is 1.82. The molecule has 0 aliphatic rings. The molecular formula is C9H10ClNS. The number of hydrogen-bond donors (Lipinski definition) is 2. The van der Waals surface area contributed by atoms with E-state index in [0.29, 0.717) is 10.7 Å². The lowest BCUT2D eigenvalue weighted by atomic mass is 10.1. The van der Waals surface area contributed by atoms with Crippen LogP contribution in [0.15, 0.2) is 17.0 Å². The lowest BCUT2D eigenvalue weighted by Gasteiger charge is -2.06. The van der Waals surface area contributed by atoms with E-state index in [1.807, 2.05) is 19.1 Å². The summed E-state index contributed by atoms with van der Waals surface area (Å²) in [4.78, 5) is 0.771. The molecule has 0 spiro atoms. The van der Waals surface area contributed by atoms with Gasteiger partial charge in [-0.25, -0.2) is 0 Å². The minimum Gasteiger partial charge on any atom is -0.305 e. The van der Waals surface area contributed by atoms with Gasteiger partial charge in [0.15, 0.2) is 0 Å². The smallest absolute Gasteiger partial charge is 0.0510 e. The van der Waals surface area contributed by atoms with E-state index in [2.05, 4.69) is 12.6 Å². The maximum Gasteiger partial charge on any atom is 0.0510 e. The van der Waals surface area contributed by atoms with Crippen LogP contribution in [0.3, 0.4) is 0 Å². The maximum atomic E-state index is 7.45. The van der Waals surface area contributed by atoms with Gasteiger partial charge in [-0.2, -0.15) is 0 Å². The molecule has 0 aliphatic carbocycles. The number of rotatable bonds is 1. The van der Waals surface area contributed by atoms with E-state index in [0.717, 1.165) is 16.0 Å². The number of hydrogen-bond acceptors (Lipinski definition) is 2. The molecule has 64 valence electrons. The minimum atomic E-state index is 0.449. The molecule has 0 fully saturated rings. The third-order valence-corrected chi connectivity index (χ3v) is 2.24. The van der Waals surface area contributed by atoms with Crippen molar-refractivity contribution >= 4 is 29.9 Å². The van der Waals surface area contributed by atoms with E-state index in [-0.39, 0.29) is 0 Å². The third-order valence-electron chi connectivity index (χ3n) is 1.59. The second kappa shape index (κ2) is 3.50. The van der Waals surface area contributed by atoms with Crippen molar-refractivity contribution in [2.24, 2.45) is 0 Å². The van der Waals surface area contributed by atoms with Gasteiger partial charge in [-0.05, 0) is 31.5 Å². The normalized spacial score (nSPS) is 10.0. The van der Waals surface area contributed by atoms with Crippen LogP contribution in [0.1, 0.15) is 18.1 Å². The molecule has 0 atom stereocenters. The zero-order valence-electron chi connectivity index (χ0n) is 6.98. The van der Waals surface area contributed by atoms with Gasteiger partial charge < -0.3 is 5.41 Å². The Kier molecular flexibility index (Phi) is 2.80. The average Bonchev–Trinajstić information content (AvgIpc) is 1.82. The second-order valence-corrected chi connectivity index (χ2v) is 3.65. The van der Waals surface area contributed by atoms with Crippen LogP contribution < -0.4 is 0 Å². The largest absolute Gasteiger partial charge is 0.305 e. The van der Waals surface area contributed by atoms with E-state index < -0.39 is 0 Å². The van der Waals surface area contributed by atoms with Gasteiger partial charge in [-0.3, -0.25) is 0 Å². The zero-order valence-corrected chi connectivity index (χ0v) is 8.63. The van der Waals surface area contributed by atoms with Crippen LogP contribution >= 0.6 is 24.2 Å². The van der Waals surface area contributed by atoms with Crippen molar-refractivity contribution in [3.05, 3.63) is 28.3 Å². The number of benzene rings is 1.